The molecule has 1 aromatic heterocycles. The zero-order valence-corrected chi connectivity index (χ0v) is 14.1. The highest BCUT2D eigenvalue weighted by molar-refractivity contribution is 6.44. The number of halogens is 8. The van der Waals surface area contributed by atoms with Gasteiger partial charge in [-0.1, -0.05) is 46.9 Å². The van der Waals surface area contributed by atoms with E-state index in [0.717, 1.165) is 0 Å². The highest BCUT2D eigenvalue weighted by Crippen LogP contribution is 2.44. The van der Waals surface area contributed by atoms with Crippen LogP contribution in [-0.2, 0) is 5.92 Å². The first-order valence-electron chi connectivity index (χ1n) is 6.61. The van der Waals surface area contributed by atoms with E-state index in [-0.39, 0.29) is 26.1 Å². The third-order valence-corrected chi connectivity index (χ3v) is 4.60. The average molecular weight is 416 g/mol. The zero-order valence-electron chi connectivity index (χ0n) is 11.9. The van der Waals surface area contributed by atoms with E-state index in [1.54, 1.807) is 12.1 Å². The second-order valence-corrected chi connectivity index (χ2v) is 6.30. The lowest BCUT2D eigenvalue weighted by Gasteiger charge is -2.16. The number of benzene rings is 2. The smallest absolute Gasteiger partial charge is 0.337 e. The maximum Gasteiger partial charge on any atom is 0.461 e. The molecule has 0 aliphatic heterocycles. The molecule has 0 unspecified atom stereocenters. The number of nitrogens with zero attached hydrogens (tertiary/aromatic N) is 1. The largest absolute Gasteiger partial charge is 0.461 e. The molecule has 0 bridgehead atoms. The number of H-pyrrole nitrogens is 1. The third-order valence-electron chi connectivity index (χ3n) is 3.47. The Kier molecular flexibility index (Phi) is 4.38. The van der Waals surface area contributed by atoms with Gasteiger partial charge in [-0.3, -0.25) is 0 Å². The fourth-order valence-corrected chi connectivity index (χ4v) is 2.89. The lowest BCUT2D eigenvalue weighted by atomic mass is 10.0. The highest BCUT2D eigenvalue weighted by atomic mass is 35.5. The summed E-state index contributed by atoms with van der Waals surface area (Å²) in [5, 5.41) is 0.486. The Hall–Kier alpha value is -1.57. The Morgan fingerprint density at radius 1 is 0.880 bits per heavy atom. The van der Waals surface area contributed by atoms with E-state index in [2.05, 4.69) is 4.98 Å². The fourth-order valence-electron chi connectivity index (χ4n) is 2.23. The van der Waals surface area contributed by atoms with Crippen molar-refractivity contribution in [2.24, 2.45) is 0 Å². The van der Waals surface area contributed by atoms with Gasteiger partial charge in [-0.2, -0.15) is 22.0 Å². The topological polar surface area (TPSA) is 28.7 Å². The quantitative estimate of drug-likeness (QED) is 0.456. The number of alkyl halides is 5. The molecule has 3 aromatic rings. The van der Waals surface area contributed by atoms with Gasteiger partial charge >= 0.3 is 12.1 Å². The van der Waals surface area contributed by atoms with E-state index in [1.807, 2.05) is 4.98 Å². The van der Waals surface area contributed by atoms with Crippen LogP contribution in [0.2, 0.25) is 15.1 Å². The summed E-state index contributed by atoms with van der Waals surface area (Å²) in [5.41, 5.74) is 0.534. The van der Waals surface area contributed by atoms with Crippen molar-refractivity contribution in [3.8, 4) is 11.1 Å². The molecule has 0 saturated carbocycles. The van der Waals surface area contributed by atoms with Gasteiger partial charge in [0.15, 0.2) is 5.82 Å². The molecule has 0 fully saturated rings. The predicted octanol–water partition coefficient (Wildman–Crippen LogP) is 6.84. The van der Waals surface area contributed by atoms with Gasteiger partial charge in [0.2, 0.25) is 0 Å². The molecule has 0 saturated heterocycles. The van der Waals surface area contributed by atoms with Crippen LogP contribution < -0.4 is 0 Å². The van der Waals surface area contributed by atoms with Crippen LogP contribution in [0.4, 0.5) is 22.0 Å². The van der Waals surface area contributed by atoms with Gasteiger partial charge in [-0.25, -0.2) is 4.98 Å². The van der Waals surface area contributed by atoms with Crippen molar-refractivity contribution in [2.75, 3.05) is 0 Å². The van der Waals surface area contributed by atoms with Crippen LogP contribution in [0.1, 0.15) is 5.82 Å². The lowest BCUT2D eigenvalue weighted by Crippen LogP contribution is -2.34. The van der Waals surface area contributed by atoms with E-state index in [9.17, 15) is 22.0 Å². The van der Waals surface area contributed by atoms with Gasteiger partial charge < -0.3 is 4.98 Å². The van der Waals surface area contributed by atoms with Crippen LogP contribution in [0.25, 0.3) is 22.2 Å². The molecule has 2 nitrogen and oxygen atoms in total. The van der Waals surface area contributed by atoms with Gasteiger partial charge in [-0.05, 0) is 18.2 Å². The first-order valence-corrected chi connectivity index (χ1v) is 7.74. The van der Waals surface area contributed by atoms with Gasteiger partial charge in [0.05, 0.1) is 26.1 Å². The number of aromatic nitrogens is 2. The average Bonchev–Trinajstić information content (AvgIpc) is 2.91. The standard InChI is InChI=1S/C15H6Cl3F5N2/c16-8-3-1-2-6(12(8)18)7-4-10-11(5-9(7)17)25-13(24-10)14(19,20)15(21,22)23/h1-5H,(H,24,25). The summed E-state index contributed by atoms with van der Waals surface area (Å²) < 4.78 is 64.4. The first-order chi connectivity index (χ1) is 11.5. The van der Waals surface area contributed by atoms with Crippen molar-refractivity contribution in [3.63, 3.8) is 0 Å². The molecule has 0 atom stereocenters. The van der Waals surface area contributed by atoms with Crippen molar-refractivity contribution in [3.05, 3.63) is 51.2 Å². The van der Waals surface area contributed by atoms with Gasteiger partial charge in [0.25, 0.3) is 0 Å². The van der Waals surface area contributed by atoms with Crippen molar-refractivity contribution < 1.29 is 22.0 Å². The molecule has 0 spiro atoms. The Morgan fingerprint density at radius 3 is 2.20 bits per heavy atom. The van der Waals surface area contributed by atoms with Crippen LogP contribution in [0.5, 0.6) is 0 Å². The normalized spacial score (nSPS) is 12.8. The minimum atomic E-state index is -5.77. The minimum absolute atomic E-state index is 0.0469. The molecule has 0 aliphatic rings. The van der Waals surface area contributed by atoms with Crippen molar-refractivity contribution in [2.45, 2.75) is 12.1 Å². The molecule has 132 valence electrons. The number of nitrogens with one attached hydrogen (secondary N) is 1. The third kappa shape index (κ3) is 3.05. The summed E-state index contributed by atoms with van der Waals surface area (Å²) in [6.07, 6.45) is -5.77. The molecular weight excluding hydrogens is 410 g/mol. The summed E-state index contributed by atoms with van der Waals surface area (Å²) in [6.45, 7) is 0. The predicted molar refractivity (Wildman–Crippen MR) is 86.5 cm³/mol. The monoisotopic (exact) mass is 414 g/mol. The van der Waals surface area contributed by atoms with Crippen molar-refractivity contribution in [1.29, 1.82) is 0 Å². The Balaban J connectivity index is 2.19. The van der Waals surface area contributed by atoms with Crippen LogP contribution in [0, 0.1) is 0 Å². The number of hydrogen-bond acceptors (Lipinski definition) is 1. The first kappa shape index (κ1) is 18.2. The summed E-state index contributed by atoms with van der Waals surface area (Å²) in [4.78, 5) is 5.32. The molecule has 10 heteroatoms. The summed E-state index contributed by atoms with van der Waals surface area (Å²) in [5.74, 6) is -6.63. The van der Waals surface area contributed by atoms with Gasteiger partial charge in [0.1, 0.15) is 0 Å². The molecule has 3 rings (SSSR count). The number of hydrogen-bond donors (Lipinski definition) is 1. The van der Waals surface area contributed by atoms with E-state index < -0.39 is 17.9 Å². The maximum atomic E-state index is 13.5. The Labute approximate surface area is 152 Å². The van der Waals surface area contributed by atoms with Gasteiger partial charge in [0, 0.05) is 11.1 Å². The van der Waals surface area contributed by atoms with Crippen LogP contribution in [-0.4, -0.2) is 16.1 Å². The number of rotatable bonds is 2. The Bertz CT molecular complexity index is 966. The van der Waals surface area contributed by atoms with Crippen molar-refractivity contribution in [1.82, 2.24) is 9.97 Å². The summed E-state index contributed by atoms with van der Waals surface area (Å²) >= 11 is 18.1. The summed E-state index contributed by atoms with van der Waals surface area (Å²) in [6, 6.07) is 7.19. The summed E-state index contributed by atoms with van der Waals surface area (Å²) in [7, 11) is 0. The van der Waals surface area contributed by atoms with E-state index >= 15 is 0 Å². The molecule has 25 heavy (non-hydrogen) atoms. The highest BCUT2D eigenvalue weighted by Gasteiger charge is 2.61. The number of imidazole rings is 1. The maximum absolute atomic E-state index is 13.5. The molecule has 1 heterocycles. The van der Waals surface area contributed by atoms with Crippen molar-refractivity contribution >= 4 is 45.8 Å². The van der Waals surface area contributed by atoms with Crippen LogP contribution in [0.15, 0.2) is 30.3 Å². The fraction of sp³-hybridized carbons (Fsp3) is 0.133. The van der Waals surface area contributed by atoms with Crippen LogP contribution in [0.3, 0.4) is 0 Å². The number of fused-ring (bicyclic) bond motifs is 1. The second kappa shape index (κ2) is 6.00. The SMILES string of the molecule is FC(F)(F)C(F)(F)c1nc2cc(Cl)c(-c3cccc(Cl)c3Cl)cc2[nH]1. The van der Waals surface area contributed by atoms with Gasteiger partial charge in [-0.15, -0.1) is 0 Å². The molecular formula is C15H6Cl3F5N2. The molecule has 0 amide bonds. The minimum Gasteiger partial charge on any atom is -0.337 e. The Morgan fingerprint density at radius 2 is 1.56 bits per heavy atom. The lowest BCUT2D eigenvalue weighted by molar-refractivity contribution is -0.292. The van der Waals surface area contributed by atoms with Crippen LogP contribution >= 0.6 is 34.8 Å². The molecule has 1 N–H and O–H groups in total. The number of aromatic amines is 1. The second-order valence-electron chi connectivity index (χ2n) is 5.11. The van der Waals surface area contributed by atoms with E-state index in [0.29, 0.717) is 11.1 Å². The van der Waals surface area contributed by atoms with E-state index in [1.165, 1.54) is 18.2 Å². The molecule has 0 aliphatic carbocycles. The van der Waals surface area contributed by atoms with E-state index in [4.69, 9.17) is 34.8 Å². The molecule has 2 aromatic carbocycles. The zero-order chi connectivity index (χ0) is 18.6. The molecule has 0 radical (unpaired) electrons.